The zero-order valence-corrected chi connectivity index (χ0v) is 9.72. The van der Waals surface area contributed by atoms with Crippen LogP contribution >= 0.6 is 11.8 Å². The molecule has 4 heteroatoms. The molecule has 1 aliphatic rings. The molecule has 2 unspecified atom stereocenters. The number of likely N-dealkylation sites (tertiary alicyclic amines) is 1. The van der Waals surface area contributed by atoms with Crippen LogP contribution in [0.5, 0.6) is 0 Å². The summed E-state index contributed by atoms with van der Waals surface area (Å²) in [6.07, 6.45) is 5.62. The van der Waals surface area contributed by atoms with Crippen molar-refractivity contribution in [2.24, 2.45) is 0 Å². The summed E-state index contributed by atoms with van der Waals surface area (Å²) >= 11 is 1.91. The van der Waals surface area contributed by atoms with Crippen molar-refractivity contribution < 1.29 is 9.90 Å². The Morgan fingerprint density at radius 2 is 2.21 bits per heavy atom. The zero-order chi connectivity index (χ0) is 10.6. The van der Waals surface area contributed by atoms with E-state index < -0.39 is 5.97 Å². The van der Waals surface area contributed by atoms with Gasteiger partial charge in [0.1, 0.15) is 6.04 Å². The molecule has 14 heavy (non-hydrogen) atoms. The van der Waals surface area contributed by atoms with Gasteiger partial charge in [-0.1, -0.05) is 0 Å². The van der Waals surface area contributed by atoms with Gasteiger partial charge in [0.25, 0.3) is 0 Å². The van der Waals surface area contributed by atoms with E-state index >= 15 is 0 Å². The van der Waals surface area contributed by atoms with Gasteiger partial charge in [0, 0.05) is 11.8 Å². The molecule has 0 radical (unpaired) electrons. The van der Waals surface area contributed by atoms with Crippen LogP contribution in [0.1, 0.15) is 26.2 Å². The molecule has 0 bridgehead atoms. The molecular formula is C10H19NO2S. The fourth-order valence-corrected chi connectivity index (χ4v) is 2.61. The normalized spacial score (nSPS) is 26.9. The summed E-state index contributed by atoms with van der Waals surface area (Å²) in [5, 5.41) is 9.63. The molecule has 0 aliphatic carbocycles. The quantitative estimate of drug-likeness (QED) is 0.781. The maximum atomic E-state index is 10.8. The number of nitrogens with zero attached hydrogens (tertiary/aromatic N) is 1. The molecule has 1 rings (SSSR count). The predicted molar refractivity (Wildman–Crippen MR) is 59.8 cm³/mol. The van der Waals surface area contributed by atoms with Crippen molar-refractivity contribution in [3.8, 4) is 0 Å². The number of thioether (sulfide) groups is 1. The minimum Gasteiger partial charge on any atom is -0.480 e. The van der Waals surface area contributed by atoms with Crippen LogP contribution in [0.25, 0.3) is 0 Å². The van der Waals surface area contributed by atoms with Crippen molar-refractivity contribution in [1.82, 2.24) is 4.90 Å². The van der Waals surface area contributed by atoms with E-state index in [1.165, 1.54) is 6.42 Å². The summed E-state index contributed by atoms with van der Waals surface area (Å²) in [6.45, 7) is 3.64. The van der Waals surface area contributed by atoms with Crippen molar-refractivity contribution in [3.63, 3.8) is 0 Å². The number of hydrogen-bond donors (Lipinski definition) is 1. The average Bonchev–Trinajstić information content (AvgIpc) is 2.41. The Hall–Kier alpha value is -0.220. The van der Waals surface area contributed by atoms with Gasteiger partial charge in [0.2, 0.25) is 0 Å². The van der Waals surface area contributed by atoms with Crippen LogP contribution in [0.3, 0.4) is 0 Å². The van der Waals surface area contributed by atoms with Crippen LogP contribution in [0, 0.1) is 0 Å². The maximum Gasteiger partial charge on any atom is 0.320 e. The Kier molecular flexibility index (Phi) is 4.75. The second kappa shape index (κ2) is 5.61. The van der Waals surface area contributed by atoms with Crippen molar-refractivity contribution in [3.05, 3.63) is 0 Å². The topological polar surface area (TPSA) is 40.5 Å². The average molecular weight is 217 g/mol. The lowest BCUT2D eigenvalue weighted by Gasteiger charge is -2.24. The van der Waals surface area contributed by atoms with Crippen molar-refractivity contribution in [1.29, 1.82) is 0 Å². The number of carbonyl (C=O) groups is 1. The second-order valence-electron chi connectivity index (χ2n) is 3.84. The monoisotopic (exact) mass is 217 g/mol. The van der Waals surface area contributed by atoms with Crippen LogP contribution in [0.4, 0.5) is 0 Å². The molecule has 3 nitrogen and oxygen atoms in total. The van der Waals surface area contributed by atoms with E-state index in [2.05, 4.69) is 11.2 Å². The van der Waals surface area contributed by atoms with Crippen LogP contribution in [0.15, 0.2) is 0 Å². The summed E-state index contributed by atoms with van der Waals surface area (Å²) in [5.74, 6) is -0.701. The summed E-state index contributed by atoms with van der Waals surface area (Å²) in [4.78, 5) is 12.9. The summed E-state index contributed by atoms with van der Waals surface area (Å²) < 4.78 is 0. The standard InChI is InChI=1S/C10H19NO2S/c1-8(10(12)13)11-6-3-4-9(14-2)5-7-11/h8-9H,3-7H2,1-2H3,(H,12,13). The third kappa shape index (κ3) is 3.17. The predicted octanol–water partition coefficient (Wildman–Crippen LogP) is 1.68. The Balaban J connectivity index is 2.45. The fraction of sp³-hybridized carbons (Fsp3) is 0.900. The van der Waals surface area contributed by atoms with Gasteiger partial charge in [-0.2, -0.15) is 11.8 Å². The molecular weight excluding hydrogens is 198 g/mol. The van der Waals surface area contributed by atoms with Gasteiger partial charge in [-0.05, 0) is 39.0 Å². The number of carboxylic acids is 1. The smallest absolute Gasteiger partial charge is 0.320 e. The Labute approximate surface area is 89.9 Å². The highest BCUT2D eigenvalue weighted by Gasteiger charge is 2.23. The third-order valence-electron chi connectivity index (χ3n) is 2.95. The van der Waals surface area contributed by atoms with Gasteiger partial charge in [0.05, 0.1) is 0 Å². The minimum absolute atomic E-state index is 0.324. The van der Waals surface area contributed by atoms with Crippen molar-refractivity contribution >= 4 is 17.7 Å². The Morgan fingerprint density at radius 1 is 1.50 bits per heavy atom. The van der Waals surface area contributed by atoms with Crippen LogP contribution < -0.4 is 0 Å². The van der Waals surface area contributed by atoms with Crippen LogP contribution in [-0.2, 0) is 4.79 Å². The third-order valence-corrected chi connectivity index (χ3v) is 4.09. The molecule has 0 aromatic carbocycles. The first-order valence-corrected chi connectivity index (χ1v) is 6.43. The zero-order valence-electron chi connectivity index (χ0n) is 8.90. The highest BCUT2D eigenvalue weighted by molar-refractivity contribution is 7.99. The first kappa shape index (κ1) is 11.9. The largest absolute Gasteiger partial charge is 0.480 e. The lowest BCUT2D eigenvalue weighted by atomic mass is 10.2. The second-order valence-corrected chi connectivity index (χ2v) is 4.98. The summed E-state index contributed by atoms with van der Waals surface area (Å²) in [6, 6.07) is -0.324. The van der Waals surface area contributed by atoms with Gasteiger partial charge in [-0.25, -0.2) is 0 Å². The molecule has 1 N–H and O–H groups in total. The molecule has 1 heterocycles. The molecule has 0 saturated carbocycles. The van der Waals surface area contributed by atoms with Crippen molar-refractivity contribution in [2.45, 2.75) is 37.5 Å². The van der Waals surface area contributed by atoms with Gasteiger partial charge in [-0.3, -0.25) is 9.69 Å². The molecule has 1 saturated heterocycles. The maximum absolute atomic E-state index is 10.8. The van der Waals surface area contributed by atoms with E-state index in [9.17, 15) is 4.79 Å². The number of hydrogen-bond acceptors (Lipinski definition) is 3. The molecule has 1 aliphatic heterocycles. The van der Waals surface area contributed by atoms with E-state index in [1.807, 2.05) is 11.8 Å². The first-order valence-electron chi connectivity index (χ1n) is 5.14. The van der Waals surface area contributed by atoms with E-state index in [-0.39, 0.29) is 6.04 Å². The summed E-state index contributed by atoms with van der Waals surface area (Å²) in [5.41, 5.74) is 0. The Bertz CT molecular complexity index is 199. The lowest BCUT2D eigenvalue weighted by Crippen LogP contribution is -2.39. The van der Waals surface area contributed by atoms with E-state index in [0.29, 0.717) is 0 Å². The molecule has 82 valence electrons. The van der Waals surface area contributed by atoms with Gasteiger partial charge in [-0.15, -0.1) is 0 Å². The van der Waals surface area contributed by atoms with Crippen LogP contribution in [-0.4, -0.2) is 46.6 Å². The summed E-state index contributed by atoms with van der Waals surface area (Å²) in [7, 11) is 0. The number of aliphatic carboxylic acids is 1. The van der Waals surface area contributed by atoms with E-state index in [0.717, 1.165) is 31.2 Å². The number of rotatable bonds is 3. The Morgan fingerprint density at radius 3 is 2.79 bits per heavy atom. The van der Waals surface area contributed by atoms with E-state index in [1.54, 1.807) is 6.92 Å². The van der Waals surface area contributed by atoms with Gasteiger partial charge in [0.15, 0.2) is 0 Å². The van der Waals surface area contributed by atoms with Crippen molar-refractivity contribution in [2.75, 3.05) is 19.3 Å². The van der Waals surface area contributed by atoms with Crippen LogP contribution in [0.2, 0.25) is 0 Å². The molecule has 0 amide bonds. The van der Waals surface area contributed by atoms with Gasteiger partial charge < -0.3 is 5.11 Å². The van der Waals surface area contributed by atoms with E-state index in [4.69, 9.17) is 5.11 Å². The molecule has 0 spiro atoms. The molecule has 2 atom stereocenters. The first-order chi connectivity index (χ1) is 6.65. The highest BCUT2D eigenvalue weighted by Crippen LogP contribution is 2.22. The fourth-order valence-electron chi connectivity index (χ4n) is 1.87. The highest BCUT2D eigenvalue weighted by atomic mass is 32.2. The molecule has 0 aromatic heterocycles. The molecule has 0 aromatic rings. The minimum atomic E-state index is -0.701. The SMILES string of the molecule is CSC1CCCN(C(C)C(=O)O)CC1. The number of carboxylic acid groups (broad SMARTS) is 1. The van der Waals surface area contributed by atoms with Gasteiger partial charge >= 0.3 is 5.97 Å². The molecule has 1 fully saturated rings. The lowest BCUT2D eigenvalue weighted by molar-refractivity contribution is -0.142.